The topological polar surface area (TPSA) is 55.1 Å². The molecule has 0 amide bonds. The molecule has 0 aliphatic carbocycles. The first-order valence-electron chi connectivity index (χ1n) is 5.12. The van der Waals surface area contributed by atoms with Crippen LogP contribution in [0.25, 0.3) is 5.69 Å². The van der Waals surface area contributed by atoms with E-state index in [1.165, 1.54) is 23.0 Å². The molecular formula is C12H11FN2O2. The molecule has 1 aromatic heterocycles. The van der Waals surface area contributed by atoms with Gasteiger partial charge in [0.15, 0.2) is 0 Å². The molecule has 4 nitrogen and oxygen atoms in total. The number of benzene rings is 1. The van der Waals surface area contributed by atoms with E-state index in [0.717, 1.165) is 0 Å². The van der Waals surface area contributed by atoms with Gasteiger partial charge in [-0.2, -0.15) is 5.10 Å². The molecule has 0 aliphatic rings. The van der Waals surface area contributed by atoms with Crippen LogP contribution < -0.4 is 0 Å². The molecule has 0 spiro atoms. The highest BCUT2D eigenvalue weighted by Gasteiger charge is 2.18. The van der Waals surface area contributed by atoms with Crippen molar-refractivity contribution in [3.8, 4) is 5.69 Å². The van der Waals surface area contributed by atoms with E-state index in [2.05, 4.69) is 5.10 Å². The number of carbonyl (C=O) groups is 1. The maximum absolute atomic E-state index is 12.8. The van der Waals surface area contributed by atoms with Crippen LogP contribution in [0.5, 0.6) is 0 Å². The summed E-state index contributed by atoms with van der Waals surface area (Å²) in [5.74, 6) is -1.93. The highest BCUT2D eigenvalue weighted by atomic mass is 19.1. The molecule has 17 heavy (non-hydrogen) atoms. The van der Waals surface area contributed by atoms with Gasteiger partial charge in [0.05, 0.1) is 17.3 Å². The van der Waals surface area contributed by atoms with Crippen LogP contribution in [0.2, 0.25) is 0 Å². The molecule has 1 atom stereocenters. The predicted octanol–water partition coefficient (Wildman–Crippen LogP) is 2.20. The summed E-state index contributed by atoms with van der Waals surface area (Å²) in [5, 5.41) is 13.0. The molecule has 1 aromatic carbocycles. The van der Waals surface area contributed by atoms with E-state index < -0.39 is 11.9 Å². The standard InChI is InChI=1S/C12H11FN2O2/c1-8(12(16)17)11-6-7-14-15(11)10-4-2-9(13)3-5-10/h2-8H,1H3,(H,16,17). The number of hydrogen-bond donors (Lipinski definition) is 1. The van der Waals surface area contributed by atoms with E-state index in [0.29, 0.717) is 11.4 Å². The molecule has 0 bridgehead atoms. The van der Waals surface area contributed by atoms with Gasteiger partial charge in [0.25, 0.3) is 0 Å². The third kappa shape index (κ3) is 2.18. The van der Waals surface area contributed by atoms with Crippen LogP contribution >= 0.6 is 0 Å². The number of hydrogen-bond acceptors (Lipinski definition) is 2. The van der Waals surface area contributed by atoms with E-state index in [4.69, 9.17) is 5.11 Å². The molecule has 2 aromatic rings. The van der Waals surface area contributed by atoms with E-state index in [1.54, 1.807) is 25.1 Å². The summed E-state index contributed by atoms with van der Waals surface area (Å²) in [6, 6.07) is 7.38. The quantitative estimate of drug-likeness (QED) is 0.885. The fourth-order valence-corrected chi connectivity index (χ4v) is 1.57. The average Bonchev–Trinajstić information content (AvgIpc) is 2.77. The van der Waals surface area contributed by atoms with Gasteiger partial charge in [0.2, 0.25) is 0 Å². The second kappa shape index (κ2) is 4.37. The summed E-state index contributed by atoms with van der Waals surface area (Å²) in [4.78, 5) is 10.9. The van der Waals surface area contributed by atoms with Gasteiger partial charge in [-0.1, -0.05) is 0 Å². The number of rotatable bonds is 3. The zero-order chi connectivity index (χ0) is 12.4. The average molecular weight is 234 g/mol. The smallest absolute Gasteiger partial charge is 0.312 e. The van der Waals surface area contributed by atoms with Gasteiger partial charge < -0.3 is 5.11 Å². The van der Waals surface area contributed by atoms with Crippen molar-refractivity contribution in [3.05, 3.63) is 48.0 Å². The Bertz CT molecular complexity index is 534. The summed E-state index contributed by atoms with van der Waals surface area (Å²) in [7, 11) is 0. The third-order valence-electron chi connectivity index (χ3n) is 2.56. The number of aromatic nitrogens is 2. The minimum atomic E-state index is -0.922. The Balaban J connectivity index is 2.43. The number of carboxylic acid groups (broad SMARTS) is 1. The largest absolute Gasteiger partial charge is 0.481 e. The monoisotopic (exact) mass is 234 g/mol. The maximum Gasteiger partial charge on any atom is 0.312 e. The van der Waals surface area contributed by atoms with Gasteiger partial charge in [-0.15, -0.1) is 0 Å². The Kier molecular flexibility index (Phi) is 2.91. The minimum absolute atomic E-state index is 0.339. The SMILES string of the molecule is CC(C(=O)O)c1ccnn1-c1ccc(F)cc1. The Morgan fingerprint density at radius 3 is 2.59 bits per heavy atom. The number of aliphatic carboxylic acids is 1. The highest BCUT2D eigenvalue weighted by Crippen LogP contribution is 2.19. The Morgan fingerprint density at radius 2 is 2.00 bits per heavy atom. The molecule has 0 fully saturated rings. The van der Waals surface area contributed by atoms with Gasteiger partial charge in [0.1, 0.15) is 5.82 Å². The van der Waals surface area contributed by atoms with Crippen molar-refractivity contribution in [2.45, 2.75) is 12.8 Å². The molecular weight excluding hydrogens is 223 g/mol. The molecule has 0 saturated heterocycles. The van der Waals surface area contributed by atoms with E-state index in [9.17, 15) is 9.18 Å². The Hall–Kier alpha value is -2.17. The molecule has 88 valence electrons. The lowest BCUT2D eigenvalue weighted by Crippen LogP contribution is -2.13. The summed E-state index contributed by atoms with van der Waals surface area (Å²) in [6.07, 6.45) is 1.53. The summed E-state index contributed by atoms with van der Waals surface area (Å²) >= 11 is 0. The molecule has 0 aliphatic heterocycles. The molecule has 0 saturated carbocycles. The molecule has 1 N–H and O–H groups in total. The van der Waals surface area contributed by atoms with Crippen LogP contribution in [0.4, 0.5) is 4.39 Å². The molecule has 1 heterocycles. The van der Waals surface area contributed by atoms with Gasteiger partial charge in [-0.3, -0.25) is 4.79 Å². The van der Waals surface area contributed by atoms with Crippen molar-refractivity contribution in [2.24, 2.45) is 0 Å². The molecule has 1 unspecified atom stereocenters. The number of halogens is 1. The normalized spacial score (nSPS) is 12.4. The summed E-state index contributed by atoms with van der Waals surface area (Å²) in [6.45, 7) is 1.58. The molecule has 5 heteroatoms. The van der Waals surface area contributed by atoms with Crippen LogP contribution in [0.15, 0.2) is 36.5 Å². The van der Waals surface area contributed by atoms with Crippen molar-refractivity contribution < 1.29 is 14.3 Å². The highest BCUT2D eigenvalue weighted by molar-refractivity contribution is 5.75. The Labute approximate surface area is 97.3 Å². The van der Waals surface area contributed by atoms with Gasteiger partial charge in [-0.05, 0) is 37.3 Å². The first kappa shape index (κ1) is 11.3. The van der Waals surface area contributed by atoms with Gasteiger partial charge in [-0.25, -0.2) is 9.07 Å². The van der Waals surface area contributed by atoms with Crippen LogP contribution in [0.1, 0.15) is 18.5 Å². The lowest BCUT2D eigenvalue weighted by Gasteiger charge is -2.10. The lowest BCUT2D eigenvalue weighted by atomic mass is 10.1. The third-order valence-corrected chi connectivity index (χ3v) is 2.56. The molecule has 0 radical (unpaired) electrons. The van der Waals surface area contributed by atoms with Gasteiger partial charge in [0, 0.05) is 6.20 Å². The van der Waals surface area contributed by atoms with E-state index >= 15 is 0 Å². The molecule has 2 rings (SSSR count). The van der Waals surface area contributed by atoms with E-state index in [-0.39, 0.29) is 5.82 Å². The van der Waals surface area contributed by atoms with Crippen LogP contribution in [-0.4, -0.2) is 20.9 Å². The van der Waals surface area contributed by atoms with Gasteiger partial charge >= 0.3 is 5.97 Å². The summed E-state index contributed by atoms with van der Waals surface area (Å²) in [5.41, 5.74) is 1.20. The van der Waals surface area contributed by atoms with Crippen molar-refractivity contribution in [1.29, 1.82) is 0 Å². The number of nitrogens with zero attached hydrogens (tertiary/aromatic N) is 2. The van der Waals surface area contributed by atoms with Crippen molar-refractivity contribution in [2.75, 3.05) is 0 Å². The Morgan fingerprint density at radius 1 is 1.35 bits per heavy atom. The second-order valence-corrected chi connectivity index (χ2v) is 3.70. The fourth-order valence-electron chi connectivity index (χ4n) is 1.57. The predicted molar refractivity (Wildman–Crippen MR) is 59.6 cm³/mol. The zero-order valence-electron chi connectivity index (χ0n) is 9.17. The van der Waals surface area contributed by atoms with Crippen molar-refractivity contribution >= 4 is 5.97 Å². The maximum atomic E-state index is 12.8. The summed E-state index contributed by atoms with van der Waals surface area (Å²) < 4.78 is 14.3. The van der Waals surface area contributed by atoms with Crippen LogP contribution in [-0.2, 0) is 4.79 Å². The minimum Gasteiger partial charge on any atom is -0.481 e. The first-order chi connectivity index (χ1) is 8.09. The zero-order valence-corrected chi connectivity index (χ0v) is 9.17. The van der Waals surface area contributed by atoms with Crippen molar-refractivity contribution in [3.63, 3.8) is 0 Å². The number of carboxylic acids is 1. The second-order valence-electron chi connectivity index (χ2n) is 3.70. The lowest BCUT2D eigenvalue weighted by molar-refractivity contribution is -0.138. The van der Waals surface area contributed by atoms with Crippen molar-refractivity contribution in [1.82, 2.24) is 9.78 Å². The van der Waals surface area contributed by atoms with Crippen LogP contribution in [0, 0.1) is 5.82 Å². The van der Waals surface area contributed by atoms with Crippen LogP contribution in [0.3, 0.4) is 0 Å². The fraction of sp³-hybridized carbons (Fsp3) is 0.167. The first-order valence-corrected chi connectivity index (χ1v) is 5.12. The van der Waals surface area contributed by atoms with E-state index in [1.807, 2.05) is 0 Å².